The minimum Gasteiger partial charge on any atom is -0.443 e. The summed E-state index contributed by atoms with van der Waals surface area (Å²) in [7, 11) is 0. The van der Waals surface area contributed by atoms with Gasteiger partial charge >= 0.3 is 6.09 Å². The Bertz CT molecular complexity index is 266. The quantitative estimate of drug-likeness (QED) is 0.775. The number of hydrogen-bond donors (Lipinski definition) is 1. The van der Waals surface area contributed by atoms with Gasteiger partial charge in [0.2, 0.25) is 0 Å². The summed E-state index contributed by atoms with van der Waals surface area (Å²) in [5, 5.41) is 3.36. The van der Waals surface area contributed by atoms with Crippen LogP contribution in [0.1, 0.15) is 27.2 Å². The lowest BCUT2D eigenvalue weighted by Gasteiger charge is -2.27. The lowest BCUT2D eigenvalue weighted by Crippen LogP contribution is -2.38. The highest BCUT2D eigenvalue weighted by Gasteiger charge is 2.39. The van der Waals surface area contributed by atoms with Crippen LogP contribution in [0.4, 0.5) is 4.79 Å². The van der Waals surface area contributed by atoms with Crippen LogP contribution in [0.5, 0.6) is 0 Å². The fourth-order valence-electron chi connectivity index (χ4n) is 2.38. The molecule has 16 heavy (non-hydrogen) atoms. The topological polar surface area (TPSA) is 41.6 Å². The Morgan fingerprint density at radius 3 is 2.44 bits per heavy atom. The SMILES string of the molecule is CCC(C)(C)OC(=O)N1CC2CNCC2C1. The van der Waals surface area contributed by atoms with Crippen molar-refractivity contribution in [3.05, 3.63) is 0 Å². The van der Waals surface area contributed by atoms with Crippen molar-refractivity contribution in [2.45, 2.75) is 32.8 Å². The summed E-state index contributed by atoms with van der Waals surface area (Å²) < 4.78 is 5.50. The highest BCUT2D eigenvalue weighted by molar-refractivity contribution is 5.68. The molecule has 1 N–H and O–H groups in total. The van der Waals surface area contributed by atoms with Crippen molar-refractivity contribution in [1.82, 2.24) is 10.2 Å². The van der Waals surface area contributed by atoms with Gasteiger partial charge in [0, 0.05) is 26.2 Å². The maximum Gasteiger partial charge on any atom is 0.410 e. The van der Waals surface area contributed by atoms with Crippen LogP contribution in [0, 0.1) is 11.8 Å². The van der Waals surface area contributed by atoms with Gasteiger partial charge in [-0.3, -0.25) is 0 Å². The van der Waals surface area contributed by atoms with Crippen molar-refractivity contribution in [3.63, 3.8) is 0 Å². The van der Waals surface area contributed by atoms with Crippen LogP contribution in [-0.4, -0.2) is 42.8 Å². The van der Waals surface area contributed by atoms with E-state index in [2.05, 4.69) is 5.32 Å². The molecule has 0 aliphatic carbocycles. The van der Waals surface area contributed by atoms with E-state index in [1.165, 1.54) is 0 Å². The van der Waals surface area contributed by atoms with Crippen molar-refractivity contribution in [2.24, 2.45) is 11.8 Å². The van der Waals surface area contributed by atoms with Gasteiger partial charge in [-0.05, 0) is 32.1 Å². The van der Waals surface area contributed by atoms with Crippen LogP contribution in [0.2, 0.25) is 0 Å². The molecule has 2 unspecified atom stereocenters. The first-order chi connectivity index (χ1) is 7.52. The molecule has 0 spiro atoms. The fourth-order valence-corrected chi connectivity index (χ4v) is 2.38. The van der Waals surface area contributed by atoms with Gasteiger partial charge in [0.15, 0.2) is 0 Å². The van der Waals surface area contributed by atoms with Crippen LogP contribution >= 0.6 is 0 Å². The first kappa shape index (κ1) is 11.7. The molecule has 0 bridgehead atoms. The third kappa shape index (κ3) is 2.32. The number of nitrogens with zero attached hydrogens (tertiary/aromatic N) is 1. The van der Waals surface area contributed by atoms with E-state index in [-0.39, 0.29) is 11.7 Å². The summed E-state index contributed by atoms with van der Waals surface area (Å²) in [6, 6.07) is 0. The number of hydrogen-bond acceptors (Lipinski definition) is 3. The molecule has 0 saturated carbocycles. The van der Waals surface area contributed by atoms with Gasteiger partial charge in [-0.15, -0.1) is 0 Å². The van der Waals surface area contributed by atoms with E-state index in [0.29, 0.717) is 11.8 Å². The molecule has 2 atom stereocenters. The summed E-state index contributed by atoms with van der Waals surface area (Å²) >= 11 is 0. The summed E-state index contributed by atoms with van der Waals surface area (Å²) in [4.78, 5) is 13.8. The van der Waals surface area contributed by atoms with E-state index in [0.717, 1.165) is 32.6 Å². The number of carbonyl (C=O) groups is 1. The summed E-state index contributed by atoms with van der Waals surface area (Å²) in [5.41, 5.74) is -0.340. The lowest BCUT2D eigenvalue weighted by atomic mass is 10.0. The Morgan fingerprint density at radius 2 is 1.94 bits per heavy atom. The third-order valence-electron chi connectivity index (χ3n) is 3.86. The predicted molar refractivity (Wildman–Crippen MR) is 62.3 cm³/mol. The number of amides is 1. The first-order valence-electron chi connectivity index (χ1n) is 6.20. The number of ether oxygens (including phenoxy) is 1. The van der Waals surface area contributed by atoms with Gasteiger partial charge in [0.05, 0.1) is 0 Å². The average Bonchev–Trinajstić information content (AvgIpc) is 2.75. The largest absolute Gasteiger partial charge is 0.443 e. The summed E-state index contributed by atoms with van der Waals surface area (Å²) in [5.74, 6) is 1.27. The first-order valence-corrected chi connectivity index (χ1v) is 6.20. The Balaban J connectivity index is 1.87. The van der Waals surface area contributed by atoms with Gasteiger partial charge in [-0.1, -0.05) is 6.92 Å². The second-order valence-corrected chi connectivity index (χ2v) is 5.56. The second-order valence-electron chi connectivity index (χ2n) is 5.56. The minimum absolute atomic E-state index is 0.138. The normalized spacial score (nSPS) is 29.3. The predicted octanol–water partition coefficient (Wildman–Crippen LogP) is 1.46. The highest BCUT2D eigenvalue weighted by Crippen LogP contribution is 2.27. The van der Waals surface area contributed by atoms with Crippen molar-refractivity contribution in [3.8, 4) is 0 Å². The van der Waals surface area contributed by atoms with Gasteiger partial charge in [-0.25, -0.2) is 4.79 Å². The average molecular weight is 226 g/mol. The van der Waals surface area contributed by atoms with Crippen molar-refractivity contribution in [1.29, 1.82) is 0 Å². The van der Waals surface area contributed by atoms with Gasteiger partial charge in [0.25, 0.3) is 0 Å². The smallest absolute Gasteiger partial charge is 0.410 e. The molecule has 1 amide bonds. The molecule has 2 heterocycles. The molecule has 2 saturated heterocycles. The van der Waals surface area contributed by atoms with E-state index in [1.54, 1.807) is 0 Å². The van der Waals surface area contributed by atoms with Crippen LogP contribution in [0.25, 0.3) is 0 Å². The molecule has 0 aromatic rings. The molecule has 4 nitrogen and oxygen atoms in total. The fraction of sp³-hybridized carbons (Fsp3) is 0.917. The van der Waals surface area contributed by atoms with Crippen molar-refractivity contribution in [2.75, 3.05) is 26.2 Å². The Morgan fingerprint density at radius 1 is 1.38 bits per heavy atom. The van der Waals surface area contributed by atoms with E-state index < -0.39 is 0 Å². The molecule has 2 fully saturated rings. The van der Waals surface area contributed by atoms with Gasteiger partial charge in [0.1, 0.15) is 5.60 Å². The molecule has 4 heteroatoms. The van der Waals surface area contributed by atoms with Crippen LogP contribution in [0.15, 0.2) is 0 Å². The van der Waals surface area contributed by atoms with E-state index in [4.69, 9.17) is 4.74 Å². The second kappa shape index (κ2) is 4.24. The van der Waals surface area contributed by atoms with Crippen molar-refractivity contribution < 1.29 is 9.53 Å². The van der Waals surface area contributed by atoms with E-state index >= 15 is 0 Å². The molecule has 2 rings (SSSR count). The molecular weight excluding hydrogens is 204 g/mol. The van der Waals surface area contributed by atoms with Gasteiger partial charge < -0.3 is 15.0 Å². The van der Waals surface area contributed by atoms with Crippen LogP contribution in [0.3, 0.4) is 0 Å². The summed E-state index contributed by atoms with van der Waals surface area (Å²) in [6.45, 7) is 9.77. The zero-order valence-electron chi connectivity index (χ0n) is 10.5. The molecule has 92 valence electrons. The third-order valence-corrected chi connectivity index (χ3v) is 3.86. The Hall–Kier alpha value is -0.770. The zero-order chi connectivity index (χ0) is 11.8. The minimum atomic E-state index is -0.340. The molecule has 2 aliphatic rings. The standard InChI is InChI=1S/C12H22N2O2/c1-4-12(2,3)16-11(15)14-7-9-5-13-6-10(9)8-14/h9-10,13H,4-8H2,1-3H3. The van der Waals surface area contributed by atoms with E-state index in [1.807, 2.05) is 25.7 Å². The maximum absolute atomic E-state index is 11.9. The summed E-state index contributed by atoms with van der Waals surface area (Å²) in [6.07, 6.45) is 0.710. The van der Waals surface area contributed by atoms with Crippen LogP contribution in [-0.2, 0) is 4.74 Å². The molecule has 0 aromatic heterocycles. The van der Waals surface area contributed by atoms with Crippen LogP contribution < -0.4 is 5.32 Å². The highest BCUT2D eigenvalue weighted by atomic mass is 16.6. The zero-order valence-corrected chi connectivity index (χ0v) is 10.5. The number of carbonyl (C=O) groups excluding carboxylic acids is 1. The molecule has 2 aliphatic heterocycles. The lowest BCUT2D eigenvalue weighted by molar-refractivity contribution is 0.0142. The van der Waals surface area contributed by atoms with Crippen molar-refractivity contribution >= 4 is 6.09 Å². The van der Waals surface area contributed by atoms with E-state index in [9.17, 15) is 4.79 Å². The maximum atomic E-state index is 11.9. The molecular formula is C12H22N2O2. The number of fused-ring (bicyclic) bond motifs is 1. The Kier molecular flexibility index (Phi) is 3.10. The number of nitrogens with one attached hydrogen (secondary N) is 1. The monoisotopic (exact) mass is 226 g/mol. The molecule has 0 aromatic carbocycles. The molecule has 0 radical (unpaired) electrons. The number of rotatable bonds is 2. The van der Waals surface area contributed by atoms with Gasteiger partial charge in [-0.2, -0.15) is 0 Å². The number of likely N-dealkylation sites (tertiary alicyclic amines) is 1. The Labute approximate surface area is 97.3 Å².